The van der Waals surface area contributed by atoms with Crippen molar-refractivity contribution in [1.29, 1.82) is 0 Å². The van der Waals surface area contributed by atoms with Gasteiger partial charge in [0.25, 0.3) is 0 Å². The Labute approximate surface area is 308 Å². The number of allylic oxidation sites excluding steroid dienone is 2. The number of ketones is 4. The minimum absolute atomic E-state index is 0.0472. The van der Waals surface area contributed by atoms with Gasteiger partial charge in [0.15, 0.2) is 46.1 Å². The maximum Gasteiger partial charge on any atom is 0.192 e. The molecule has 0 saturated heterocycles. The average molecular weight is 719 g/mol. The highest BCUT2D eigenvalue weighted by molar-refractivity contribution is 7.80. The van der Waals surface area contributed by atoms with E-state index in [0.717, 1.165) is 11.1 Å². The van der Waals surface area contributed by atoms with Crippen LogP contribution < -0.4 is 0 Å². The Hall–Kier alpha value is -5.15. The number of carbonyl (C=O) groups excluding carboxylic acids is 4. The Morgan fingerprint density at radius 1 is 0.596 bits per heavy atom. The molecule has 0 aliphatic heterocycles. The van der Waals surface area contributed by atoms with Gasteiger partial charge in [-0.05, 0) is 43.7 Å². The van der Waals surface area contributed by atoms with E-state index in [1.165, 1.54) is 13.8 Å². The fraction of sp³-hybridized carbons (Fsp3) is 0.302. The van der Waals surface area contributed by atoms with Crippen LogP contribution in [0.1, 0.15) is 117 Å². The van der Waals surface area contributed by atoms with Crippen molar-refractivity contribution in [3.05, 3.63) is 104 Å². The molecule has 0 aromatic heterocycles. The number of aryl methyl sites for hydroxylation is 2. The zero-order valence-electron chi connectivity index (χ0n) is 30.4. The maximum absolute atomic E-state index is 15.5. The molecule has 4 N–H and O–H groups in total. The number of thiol groups is 1. The molecule has 2 aliphatic carbocycles. The molecule has 0 saturated carbocycles. The van der Waals surface area contributed by atoms with Crippen LogP contribution in [-0.2, 0) is 0 Å². The molecule has 2 atom stereocenters. The molecule has 4 aromatic carbocycles. The number of benzene rings is 4. The van der Waals surface area contributed by atoms with Crippen molar-refractivity contribution < 1.29 is 39.6 Å². The summed E-state index contributed by atoms with van der Waals surface area (Å²) in [4.78, 5) is 60.4. The van der Waals surface area contributed by atoms with Crippen LogP contribution in [0, 0.1) is 25.2 Å². The lowest BCUT2D eigenvalue weighted by atomic mass is 9.55. The first-order valence-electron chi connectivity index (χ1n) is 17.3. The van der Waals surface area contributed by atoms with Gasteiger partial charge in [0.05, 0.1) is 5.41 Å². The Bertz CT molecular complexity index is 2280. The molecule has 268 valence electrons. The van der Waals surface area contributed by atoms with Gasteiger partial charge in [0.1, 0.15) is 0 Å². The summed E-state index contributed by atoms with van der Waals surface area (Å²) in [5, 5.41) is 45.9. The zero-order chi connectivity index (χ0) is 38.3. The number of rotatable bonds is 6. The topological polar surface area (TPSA) is 149 Å². The molecule has 6 rings (SSSR count). The Balaban J connectivity index is 1.74. The van der Waals surface area contributed by atoms with Crippen molar-refractivity contribution >= 4 is 35.8 Å². The lowest BCUT2D eigenvalue weighted by molar-refractivity contribution is 0.0645. The van der Waals surface area contributed by atoms with Crippen LogP contribution in [0.25, 0.3) is 22.3 Å². The first-order valence-corrected chi connectivity index (χ1v) is 17.9. The van der Waals surface area contributed by atoms with Crippen molar-refractivity contribution in [3.8, 4) is 45.3 Å². The van der Waals surface area contributed by atoms with E-state index < -0.39 is 69.3 Å². The average Bonchev–Trinajstić information content (AvgIpc) is 3.10. The number of fused-ring (bicyclic) bond motifs is 2. The fourth-order valence-electron chi connectivity index (χ4n) is 8.17. The van der Waals surface area contributed by atoms with Crippen LogP contribution in [-0.4, -0.2) is 49.3 Å². The van der Waals surface area contributed by atoms with Gasteiger partial charge in [-0.2, -0.15) is 12.6 Å². The number of carbonyl (C=O) groups is 4. The maximum atomic E-state index is 15.5. The molecule has 2 aliphatic rings. The lowest BCUT2D eigenvalue weighted by Gasteiger charge is -2.44. The van der Waals surface area contributed by atoms with E-state index in [4.69, 9.17) is 0 Å². The van der Waals surface area contributed by atoms with E-state index in [0.29, 0.717) is 11.1 Å². The molecule has 0 spiro atoms. The summed E-state index contributed by atoms with van der Waals surface area (Å²) in [6, 6.07) is 13.8. The fourth-order valence-corrected chi connectivity index (χ4v) is 8.74. The molecule has 0 bridgehead atoms. The predicted molar refractivity (Wildman–Crippen MR) is 204 cm³/mol. The summed E-state index contributed by atoms with van der Waals surface area (Å²) < 4.78 is 0. The van der Waals surface area contributed by atoms with E-state index in [1.807, 2.05) is 13.8 Å². The molecule has 0 radical (unpaired) electrons. The summed E-state index contributed by atoms with van der Waals surface area (Å²) in [7, 11) is 0. The van der Waals surface area contributed by atoms with Gasteiger partial charge < -0.3 is 20.4 Å². The van der Waals surface area contributed by atoms with Gasteiger partial charge in [-0.1, -0.05) is 94.3 Å². The number of Topliss-reactive ketones (excluding diaryl/α,β-unsaturated/α-hetero) is 4. The van der Waals surface area contributed by atoms with Gasteiger partial charge in [0, 0.05) is 67.3 Å². The zero-order valence-corrected chi connectivity index (χ0v) is 31.3. The smallest absolute Gasteiger partial charge is 0.192 e. The predicted octanol–water partition coefficient (Wildman–Crippen LogP) is 9.03. The van der Waals surface area contributed by atoms with Gasteiger partial charge in [-0.3, -0.25) is 19.2 Å². The van der Waals surface area contributed by atoms with Crippen molar-refractivity contribution in [2.75, 3.05) is 5.75 Å². The standard InChI is InChI=1S/C43H42O8S/c1-18(2)26-30-32(28(40(49)38(26)47)24-13-9-20(5)10-14-24)37(46)34(22(7)35(30)44)43(17-52)23(8)36(45)31-27(19(3)4)39(48)41(50)29(33(31)42(43)51)25-15-11-21(6)12-16-25/h9-16,18-19,23,47-50,52H,17H2,1-8H3. The van der Waals surface area contributed by atoms with Crippen molar-refractivity contribution in [1.82, 2.24) is 0 Å². The highest BCUT2D eigenvalue weighted by atomic mass is 32.1. The quantitative estimate of drug-likeness (QED) is 0.0980. The van der Waals surface area contributed by atoms with Crippen molar-refractivity contribution in [3.63, 3.8) is 0 Å². The van der Waals surface area contributed by atoms with E-state index in [1.54, 1.807) is 76.2 Å². The highest BCUT2D eigenvalue weighted by Gasteiger charge is 2.59. The van der Waals surface area contributed by atoms with Crippen molar-refractivity contribution in [2.45, 2.75) is 67.2 Å². The van der Waals surface area contributed by atoms with Crippen molar-refractivity contribution in [2.24, 2.45) is 11.3 Å². The van der Waals surface area contributed by atoms with Crippen LogP contribution in [0.5, 0.6) is 23.0 Å². The Kier molecular flexibility index (Phi) is 9.03. The molecule has 8 nitrogen and oxygen atoms in total. The van der Waals surface area contributed by atoms with Crippen LogP contribution in [0.3, 0.4) is 0 Å². The second kappa shape index (κ2) is 12.8. The Morgan fingerprint density at radius 3 is 1.44 bits per heavy atom. The first kappa shape index (κ1) is 36.6. The third-order valence-electron chi connectivity index (χ3n) is 10.9. The number of phenols is 4. The molecule has 0 fully saturated rings. The third-order valence-corrected chi connectivity index (χ3v) is 11.4. The van der Waals surface area contributed by atoms with E-state index in [-0.39, 0.29) is 61.4 Å². The second-order valence-electron chi connectivity index (χ2n) is 14.7. The first-order chi connectivity index (χ1) is 24.4. The summed E-state index contributed by atoms with van der Waals surface area (Å²) in [6.07, 6.45) is 0. The lowest BCUT2D eigenvalue weighted by Crippen LogP contribution is -2.52. The minimum Gasteiger partial charge on any atom is -0.504 e. The number of aromatic hydroxyl groups is 4. The number of hydrogen-bond acceptors (Lipinski definition) is 9. The SMILES string of the molecule is CC1=C(C2(CS)C(=O)c3c(c(C(C)C)c(O)c(O)c3-c3ccc(C)cc3)C(=O)C2C)C(=O)c2c(c(C(C)C)c(O)c(O)c2-c2ccc(C)cc2)C1=O. The number of phenolic OH excluding ortho intramolecular Hbond substituents is 4. The molecule has 0 heterocycles. The van der Waals surface area contributed by atoms with E-state index >= 15 is 9.59 Å². The third kappa shape index (κ3) is 4.96. The van der Waals surface area contributed by atoms with Crippen LogP contribution >= 0.6 is 12.6 Å². The van der Waals surface area contributed by atoms with Gasteiger partial charge >= 0.3 is 0 Å². The molecule has 4 aromatic rings. The van der Waals surface area contributed by atoms with E-state index in [2.05, 4.69) is 12.6 Å². The largest absolute Gasteiger partial charge is 0.504 e. The number of hydrogen-bond donors (Lipinski definition) is 5. The van der Waals surface area contributed by atoms with E-state index in [9.17, 15) is 30.0 Å². The van der Waals surface area contributed by atoms with Gasteiger partial charge in [-0.25, -0.2) is 0 Å². The van der Waals surface area contributed by atoms with Crippen LogP contribution in [0.15, 0.2) is 59.7 Å². The Morgan fingerprint density at radius 2 is 1.02 bits per heavy atom. The van der Waals surface area contributed by atoms with Crippen LogP contribution in [0.4, 0.5) is 0 Å². The summed E-state index contributed by atoms with van der Waals surface area (Å²) >= 11 is 4.66. The summed E-state index contributed by atoms with van der Waals surface area (Å²) in [5.41, 5.74) is -0.238. The minimum atomic E-state index is -2.02. The van der Waals surface area contributed by atoms with Crippen LogP contribution in [0.2, 0.25) is 0 Å². The van der Waals surface area contributed by atoms with Gasteiger partial charge in [-0.15, -0.1) is 0 Å². The summed E-state index contributed by atoms with van der Waals surface area (Å²) in [5.74, 6) is -7.46. The molecular formula is C43H42O8S. The molecule has 9 heteroatoms. The molecule has 2 unspecified atom stereocenters. The van der Waals surface area contributed by atoms with Gasteiger partial charge in [0.2, 0.25) is 0 Å². The molecule has 52 heavy (non-hydrogen) atoms. The summed E-state index contributed by atoms with van der Waals surface area (Å²) in [6.45, 7) is 13.6. The molecular weight excluding hydrogens is 677 g/mol. The second-order valence-corrected chi connectivity index (χ2v) is 15.0. The highest BCUT2D eigenvalue weighted by Crippen LogP contribution is 2.58. The molecule has 0 amide bonds. The monoisotopic (exact) mass is 718 g/mol. The normalized spacial score (nSPS) is 18.8.